The van der Waals surface area contributed by atoms with Crippen LogP contribution in [0.2, 0.25) is 0 Å². The van der Waals surface area contributed by atoms with Gasteiger partial charge in [0.05, 0.1) is 11.1 Å². The van der Waals surface area contributed by atoms with Crippen LogP contribution in [-0.4, -0.2) is 0 Å². The Morgan fingerprint density at radius 1 is 0.300 bits per heavy atom. The fraction of sp³-hybridized carbons (Fsp3) is 0.0149. The predicted octanol–water partition coefficient (Wildman–Crippen LogP) is 18.3. The summed E-state index contributed by atoms with van der Waals surface area (Å²) in [7, 11) is 0. The maximum Gasteiger partial charge on any atom is 0.159 e. The molecule has 15 rings (SSSR count). The van der Waals surface area contributed by atoms with Crippen molar-refractivity contribution in [2.75, 3.05) is 4.90 Å². The van der Waals surface area contributed by atoms with Crippen molar-refractivity contribution in [3.63, 3.8) is 0 Å². The van der Waals surface area contributed by atoms with Crippen LogP contribution < -0.4 is 4.90 Å². The van der Waals surface area contributed by atoms with Crippen molar-refractivity contribution in [2.24, 2.45) is 0 Å². The largest absolute Gasteiger partial charge is 0.456 e. The summed E-state index contributed by atoms with van der Waals surface area (Å²) in [5.41, 5.74) is 22.9. The Labute approximate surface area is 404 Å². The molecule has 2 heterocycles. The van der Waals surface area contributed by atoms with E-state index in [1.54, 1.807) is 0 Å². The highest BCUT2D eigenvalue weighted by atomic mass is 16.3. The maximum absolute atomic E-state index is 7.47. The molecule has 0 atom stereocenters. The van der Waals surface area contributed by atoms with Crippen molar-refractivity contribution >= 4 is 60.9 Å². The first-order valence-electron chi connectivity index (χ1n) is 24.1. The van der Waals surface area contributed by atoms with Gasteiger partial charge in [0, 0.05) is 38.5 Å². The van der Waals surface area contributed by atoms with Crippen LogP contribution in [0.4, 0.5) is 17.1 Å². The van der Waals surface area contributed by atoms with Gasteiger partial charge in [-0.25, -0.2) is 0 Å². The molecule has 70 heavy (non-hydrogen) atoms. The number of para-hydroxylation sites is 2. The smallest absolute Gasteiger partial charge is 0.159 e. The van der Waals surface area contributed by atoms with E-state index in [2.05, 4.69) is 248 Å². The lowest BCUT2D eigenvalue weighted by Crippen LogP contribution is -2.26. The second kappa shape index (κ2) is 14.9. The molecule has 2 aliphatic rings. The Morgan fingerprint density at radius 3 is 1.44 bits per heavy atom. The molecule has 11 aromatic carbocycles. The molecule has 0 saturated heterocycles. The molecule has 0 aliphatic heterocycles. The molecule has 3 heteroatoms. The summed E-state index contributed by atoms with van der Waals surface area (Å²) in [6.07, 6.45) is 0. The summed E-state index contributed by atoms with van der Waals surface area (Å²) in [6.45, 7) is 0. The monoisotopic (exact) mass is 891 g/mol. The molecule has 3 nitrogen and oxygen atoms in total. The molecule has 0 unspecified atom stereocenters. The van der Waals surface area contributed by atoms with Crippen LogP contribution in [0.1, 0.15) is 22.3 Å². The fourth-order valence-corrected chi connectivity index (χ4v) is 12.1. The third kappa shape index (κ3) is 5.46. The highest BCUT2D eigenvalue weighted by molar-refractivity contribution is 6.24. The number of anilines is 3. The number of benzene rings is 11. The van der Waals surface area contributed by atoms with Crippen LogP contribution >= 0.6 is 0 Å². The van der Waals surface area contributed by atoms with Gasteiger partial charge in [-0.2, -0.15) is 0 Å². The van der Waals surface area contributed by atoms with E-state index in [0.29, 0.717) is 0 Å². The average Bonchev–Trinajstić information content (AvgIpc) is 4.17. The Bertz CT molecular complexity index is 4160. The summed E-state index contributed by atoms with van der Waals surface area (Å²) in [4.78, 5) is 2.40. The zero-order valence-corrected chi connectivity index (χ0v) is 37.9. The van der Waals surface area contributed by atoms with Gasteiger partial charge in [0.25, 0.3) is 0 Å². The molecule has 0 fully saturated rings. The maximum atomic E-state index is 7.47. The van der Waals surface area contributed by atoms with Crippen molar-refractivity contribution in [1.82, 2.24) is 0 Å². The molecule has 2 aromatic heterocycles. The summed E-state index contributed by atoms with van der Waals surface area (Å²) in [6, 6.07) is 90.2. The summed E-state index contributed by atoms with van der Waals surface area (Å²) < 4.78 is 14.2. The van der Waals surface area contributed by atoms with E-state index in [9.17, 15) is 0 Å². The van der Waals surface area contributed by atoms with Gasteiger partial charge in [-0.1, -0.05) is 206 Å². The van der Waals surface area contributed by atoms with E-state index in [1.165, 1.54) is 55.6 Å². The van der Waals surface area contributed by atoms with Crippen LogP contribution in [0.15, 0.2) is 258 Å². The molecule has 13 aromatic rings. The SMILES string of the molecule is c1ccc(-c2ccc(-c3c4oc5c(N(c6ccc(-c7ccccc7)cc6)c6ccc7c(c6)C6(c8ccccc8-c8ccccc86)c6ccccc6-7)cccc5c4cc4oc5ccccc5c34)cc2)cc1. The first-order valence-corrected chi connectivity index (χ1v) is 24.1. The van der Waals surface area contributed by atoms with Gasteiger partial charge in [-0.05, 0) is 115 Å². The quantitative estimate of drug-likeness (QED) is 0.167. The minimum atomic E-state index is -0.495. The zero-order valence-electron chi connectivity index (χ0n) is 37.9. The molecule has 0 radical (unpaired) electrons. The number of furan rings is 2. The van der Waals surface area contributed by atoms with Gasteiger partial charge in [0.1, 0.15) is 16.7 Å². The van der Waals surface area contributed by atoms with Crippen LogP contribution in [0.25, 0.3) is 99.5 Å². The number of fused-ring (bicyclic) bond motifs is 16. The van der Waals surface area contributed by atoms with Crippen molar-refractivity contribution in [3.05, 3.63) is 271 Å². The first-order chi connectivity index (χ1) is 34.7. The second-order valence-electron chi connectivity index (χ2n) is 18.7. The molecule has 2 aliphatic carbocycles. The standard InChI is InChI=1S/C67H41NO2/c1-3-16-42(17-4-1)44-30-32-46(33-31-44)63-64-54-23-10-14-29-61(54)69-62(64)41-55-53-24-15-28-60(65(53)70-66(55)63)68(47-36-34-45(35-37-47)43-18-5-2-6-19-43)48-38-39-52-51-22-9-13-27-58(51)67(59(52)40-48)56-25-11-7-20-49(56)50-21-8-12-26-57(50)67/h1-41H. The number of hydrogen-bond acceptors (Lipinski definition) is 3. The topological polar surface area (TPSA) is 29.5 Å². The lowest BCUT2D eigenvalue weighted by Gasteiger charge is -2.32. The zero-order chi connectivity index (χ0) is 45.9. The third-order valence-electron chi connectivity index (χ3n) is 15.1. The summed E-state index contributed by atoms with van der Waals surface area (Å²) >= 11 is 0. The molecule has 0 saturated carbocycles. The molecule has 326 valence electrons. The van der Waals surface area contributed by atoms with Gasteiger partial charge < -0.3 is 13.7 Å². The van der Waals surface area contributed by atoms with Crippen LogP contribution in [0.5, 0.6) is 0 Å². The minimum absolute atomic E-state index is 0.495. The van der Waals surface area contributed by atoms with Crippen molar-refractivity contribution in [3.8, 4) is 55.6 Å². The summed E-state index contributed by atoms with van der Waals surface area (Å²) in [5.74, 6) is 0. The molecular weight excluding hydrogens is 851 g/mol. The predicted molar refractivity (Wildman–Crippen MR) is 288 cm³/mol. The van der Waals surface area contributed by atoms with Gasteiger partial charge in [0.15, 0.2) is 5.58 Å². The molecule has 0 N–H and O–H groups in total. The second-order valence-corrected chi connectivity index (χ2v) is 18.7. The Kier molecular flexibility index (Phi) is 8.28. The average molecular weight is 892 g/mol. The Hall–Kier alpha value is -9.18. The van der Waals surface area contributed by atoms with Gasteiger partial charge >= 0.3 is 0 Å². The van der Waals surface area contributed by atoms with Gasteiger partial charge in [0.2, 0.25) is 0 Å². The highest BCUT2D eigenvalue weighted by Gasteiger charge is 2.51. The highest BCUT2D eigenvalue weighted by Crippen LogP contribution is 2.63. The van der Waals surface area contributed by atoms with Crippen LogP contribution in [0, 0.1) is 0 Å². The van der Waals surface area contributed by atoms with Gasteiger partial charge in [-0.15, -0.1) is 0 Å². The number of rotatable bonds is 6. The normalized spacial score (nSPS) is 13.0. The number of nitrogens with zero attached hydrogens (tertiary/aromatic N) is 1. The van der Waals surface area contributed by atoms with E-state index in [1.807, 2.05) is 6.07 Å². The van der Waals surface area contributed by atoms with Crippen LogP contribution in [-0.2, 0) is 5.41 Å². The van der Waals surface area contributed by atoms with E-state index >= 15 is 0 Å². The lowest BCUT2D eigenvalue weighted by atomic mass is 9.70. The third-order valence-corrected chi connectivity index (χ3v) is 15.1. The molecule has 0 amide bonds. The first kappa shape index (κ1) is 38.9. The van der Waals surface area contributed by atoms with E-state index < -0.39 is 5.41 Å². The van der Waals surface area contributed by atoms with E-state index in [0.717, 1.165) is 83.2 Å². The van der Waals surface area contributed by atoms with E-state index in [4.69, 9.17) is 8.83 Å². The van der Waals surface area contributed by atoms with Gasteiger partial charge in [-0.3, -0.25) is 0 Å². The van der Waals surface area contributed by atoms with Crippen molar-refractivity contribution in [1.29, 1.82) is 0 Å². The lowest BCUT2D eigenvalue weighted by molar-refractivity contribution is 0.665. The van der Waals surface area contributed by atoms with Crippen molar-refractivity contribution < 1.29 is 8.83 Å². The Morgan fingerprint density at radius 2 is 0.800 bits per heavy atom. The fourth-order valence-electron chi connectivity index (χ4n) is 12.1. The van der Waals surface area contributed by atoms with Crippen LogP contribution in [0.3, 0.4) is 0 Å². The molecule has 1 spiro atoms. The van der Waals surface area contributed by atoms with E-state index in [-0.39, 0.29) is 0 Å². The minimum Gasteiger partial charge on any atom is -0.456 e. The Balaban J connectivity index is 0.990. The molecular formula is C67H41NO2. The molecule has 0 bridgehead atoms. The number of hydrogen-bond donors (Lipinski definition) is 0. The summed E-state index contributed by atoms with van der Waals surface area (Å²) in [5, 5.41) is 4.13. The van der Waals surface area contributed by atoms with Crippen molar-refractivity contribution in [2.45, 2.75) is 5.41 Å².